The van der Waals surface area contributed by atoms with Crippen LogP contribution in [-0.2, 0) is 17.6 Å². The fraction of sp³-hybridized carbons (Fsp3) is 0.379. The van der Waals surface area contributed by atoms with Crippen molar-refractivity contribution in [1.82, 2.24) is 14.9 Å². The van der Waals surface area contributed by atoms with E-state index in [-0.39, 0.29) is 17.7 Å². The summed E-state index contributed by atoms with van der Waals surface area (Å²) in [4.78, 5) is 25.0. The Hall–Kier alpha value is -3.65. The minimum atomic E-state index is -0.527. The predicted octanol–water partition coefficient (Wildman–Crippen LogP) is 4.19. The van der Waals surface area contributed by atoms with Crippen molar-refractivity contribution in [2.24, 2.45) is 0 Å². The number of pyridine rings is 1. The van der Waals surface area contributed by atoms with E-state index in [2.05, 4.69) is 16.0 Å². The summed E-state index contributed by atoms with van der Waals surface area (Å²) >= 11 is 0. The monoisotopic (exact) mass is 502 g/mol. The fourth-order valence-corrected chi connectivity index (χ4v) is 6.04. The summed E-state index contributed by atoms with van der Waals surface area (Å²) in [7, 11) is 1.46. The van der Waals surface area contributed by atoms with Gasteiger partial charge in [0.15, 0.2) is 11.6 Å². The summed E-state index contributed by atoms with van der Waals surface area (Å²) in [6.07, 6.45) is 2.28. The van der Waals surface area contributed by atoms with E-state index in [9.17, 15) is 14.3 Å². The van der Waals surface area contributed by atoms with Crippen molar-refractivity contribution in [3.05, 3.63) is 65.1 Å². The third kappa shape index (κ3) is 4.19. The second-order valence-corrected chi connectivity index (χ2v) is 10.2. The largest absolute Gasteiger partial charge is 0.494 e. The molecular formula is C29H31FN4O3. The number of benzene rings is 2. The molecule has 1 unspecified atom stereocenters. The number of para-hydroxylation sites is 1. The number of aliphatic hydroxyl groups is 1. The van der Waals surface area contributed by atoms with E-state index >= 15 is 0 Å². The summed E-state index contributed by atoms with van der Waals surface area (Å²) in [5.74, 6) is 0.749. The number of amides is 1. The van der Waals surface area contributed by atoms with Crippen LogP contribution in [0.1, 0.15) is 36.6 Å². The van der Waals surface area contributed by atoms with Gasteiger partial charge in [0.05, 0.1) is 24.4 Å². The first-order chi connectivity index (χ1) is 17.9. The number of ether oxygens (including phenoxy) is 1. The molecule has 2 aliphatic rings. The summed E-state index contributed by atoms with van der Waals surface area (Å²) in [5, 5.41) is 13.1. The minimum absolute atomic E-state index is 0.0738. The van der Waals surface area contributed by atoms with Gasteiger partial charge in [-0.05, 0) is 36.6 Å². The summed E-state index contributed by atoms with van der Waals surface area (Å²) in [6.45, 7) is 3.47. The molecule has 2 aromatic heterocycles. The molecule has 192 valence electrons. The highest BCUT2D eigenvalue weighted by Crippen LogP contribution is 2.40. The average Bonchev–Trinajstić information content (AvgIpc) is 3.29. The number of aromatic nitrogens is 2. The van der Waals surface area contributed by atoms with Gasteiger partial charge in [0, 0.05) is 67.3 Å². The Bertz CT molecular complexity index is 1500. The Kier molecular flexibility index (Phi) is 5.99. The number of rotatable bonds is 4. The van der Waals surface area contributed by atoms with Gasteiger partial charge in [0.2, 0.25) is 5.91 Å². The van der Waals surface area contributed by atoms with Crippen LogP contribution in [0.2, 0.25) is 0 Å². The molecule has 0 saturated carbocycles. The molecule has 1 amide bonds. The molecule has 0 aliphatic carbocycles. The van der Waals surface area contributed by atoms with Gasteiger partial charge in [0.25, 0.3) is 0 Å². The molecule has 2 N–H and O–H groups in total. The standard InChI is InChI=1S/C29H31FN4O3/c1-17(35)33-11-5-6-19(15-33)34-16-20(36)14-22-27-21-7-3-4-8-24(21)31-28(27)25(32-29(22)34)13-18-9-10-26(37-2)23(30)12-18/h3-4,7-10,12,19-20,31,36H,5-6,11,13-16H2,1-2H3/t19-,20?/m1/s1. The van der Waals surface area contributed by atoms with Crippen LogP contribution in [0.15, 0.2) is 42.5 Å². The number of nitrogens with one attached hydrogen (secondary N) is 1. The second-order valence-electron chi connectivity index (χ2n) is 10.2. The molecule has 2 atom stereocenters. The molecule has 1 fully saturated rings. The van der Waals surface area contributed by atoms with E-state index in [1.165, 1.54) is 13.2 Å². The number of carbonyl (C=O) groups excluding carboxylic acids is 1. The number of hydrogen-bond acceptors (Lipinski definition) is 5. The first-order valence-electron chi connectivity index (χ1n) is 12.9. The van der Waals surface area contributed by atoms with Crippen molar-refractivity contribution >= 4 is 33.5 Å². The van der Waals surface area contributed by atoms with Crippen LogP contribution in [0.25, 0.3) is 21.8 Å². The highest BCUT2D eigenvalue weighted by Gasteiger charge is 2.35. The number of nitrogens with zero attached hydrogens (tertiary/aromatic N) is 3. The fourth-order valence-electron chi connectivity index (χ4n) is 6.04. The molecule has 37 heavy (non-hydrogen) atoms. The van der Waals surface area contributed by atoms with Crippen LogP contribution in [0.3, 0.4) is 0 Å². The molecule has 0 spiro atoms. The van der Waals surface area contributed by atoms with E-state index in [1.807, 2.05) is 29.2 Å². The van der Waals surface area contributed by atoms with Crippen LogP contribution in [-0.4, -0.2) is 64.8 Å². The van der Waals surface area contributed by atoms with Gasteiger partial charge in [-0.3, -0.25) is 4.79 Å². The average molecular weight is 503 g/mol. The number of H-pyrrole nitrogens is 1. The van der Waals surface area contributed by atoms with E-state index in [0.29, 0.717) is 25.9 Å². The number of aliphatic hydroxyl groups excluding tert-OH is 1. The predicted molar refractivity (Wildman–Crippen MR) is 142 cm³/mol. The van der Waals surface area contributed by atoms with E-state index < -0.39 is 11.9 Å². The zero-order chi connectivity index (χ0) is 25.7. The van der Waals surface area contributed by atoms with Gasteiger partial charge in [-0.2, -0.15) is 0 Å². The molecule has 1 saturated heterocycles. The SMILES string of the molecule is COc1ccc(Cc2nc3c(c4c2[nH]c2ccccc24)CC(O)CN3[C@@H]2CCCN(C(C)=O)C2)cc1F. The first-order valence-corrected chi connectivity index (χ1v) is 12.9. The van der Waals surface area contributed by atoms with Gasteiger partial charge in [-0.25, -0.2) is 9.37 Å². The second kappa shape index (κ2) is 9.34. The number of piperidine rings is 1. The number of aromatic amines is 1. The van der Waals surface area contributed by atoms with Crippen LogP contribution < -0.4 is 9.64 Å². The molecule has 8 heteroatoms. The van der Waals surface area contributed by atoms with Crippen molar-refractivity contribution in [1.29, 1.82) is 0 Å². The van der Waals surface area contributed by atoms with Crippen molar-refractivity contribution in [3.63, 3.8) is 0 Å². The van der Waals surface area contributed by atoms with Crippen LogP contribution in [0, 0.1) is 5.82 Å². The van der Waals surface area contributed by atoms with Crippen LogP contribution in [0.5, 0.6) is 5.75 Å². The third-order valence-electron chi connectivity index (χ3n) is 7.80. The van der Waals surface area contributed by atoms with Crippen molar-refractivity contribution in [2.75, 3.05) is 31.6 Å². The number of methoxy groups -OCH3 is 1. The third-order valence-corrected chi connectivity index (χ3v) is 7.80. The number of halogens is 1. The van der Waals surface area contributed by atoms with Gasteiger partial charge < -0.3 is 24.6 Å². The molecule has 2 aromatic carbocycles. The minimum Gasteiger partial charge on any atom is -0.494 e. The van der Waals surface area contributed by atoms with Crippen LogP contribution in [0.4, 0.5) is 10.2 Å². The maximum Gasteiger partial charge on any atom is 0.219 e. The van der Waals surface area contributed by atoms with Crippen LogP contribution >= 0.6 is 0 Å². The Balaban J connectivity index is 1.52. The number of hydrogen-bond donors (Lipinski definition) is 2. The van der Waals surface area contributed by atoms with E-state index in [0.717, 1.165) is 63.8 Å². The zero-order valence-corrected chi connectivity index (χ0v) is 21.1. The highest BCUT2D eigenvalue weighted by atomic mass is 19.1. The lowest BCUT2D eigenvalue weighted by molar-refractivity contribution is -0.130. The molecule has 0 bridgehead atoms. The van der Waals surface area contributed by atoms with E-state index in [1.54, 1.807) is 13.0 Å². The first kappa shape index (κ1) is 23.7. The maximum atomic E-state index is 14.5. The molecule has 6 rings (SSSR count). The van der Waals surface area contributed by atoms with Gasteiger partial charge >= 0.3 is 0 Å². The molecule has 4 aromatic rings. The molecule has 7 nitrogen and oxygen atoms in total. The lowest BCUT2D eigenvalue weighted by atomic mass is 9.93. The number of carbonyl (C=O) groups is 1. The normalized spacial score (nSPS) is 19.9. The number of anilines is 1. The Morgan fingerprint density at radius 1 is 1.24 bits per heavy atom. The molecule has 0 radical (unpaired) electrons. The van der Waals surface area contributed by atoms with Gasteiger partial charge in [0.1, 0.15) is 5.82 Å². The number of fused-ring (bicyclic) bond motifs is 5. The lowest BCUT2D eigenvalue weighted by Gasteiger charge is -2.43. The molecule has 4 heterocycles. The maximum absolute atomic E-state index is 14.5. The zero-order valence-electron chi connectivity index (χ0n) is 21.1. The lowest BCUT2D eigenvalue weighted by Crippen LogP contribution is -2.53. The Labute approximate surface area is 214 Å². The van der Waals surface area contributed by atoms with E-state index in [4.69, 9.17) is 9.72 Å². The smallest absolute Gasteiger partial charge is 0.219 e. The Morgan fingerprint density at radius 3 is 2.86 bits per heavy atom. The highest BCUT2D eigenvalue weighted by molar-refractivity contribution is 6.11. The van der Waals surface area contributed by atoms with Crippen molar-refractivity contribution < 1.29 is 19.0 Å². The van der Waals surface area contributed by atoms with Gasteiger partial charge in [-0.1, -0.05) is 24.3 Å². The van der Waals surface area contributed by atoms with Gasteiger partial charge in [-0.15, -0.1) is 0 Å². The van der Waals surface area contributed by atoms with Crippen molar-refractivity contribution in [3.8, 4) is 5.75 Å². The topological polar surface area (TPSA) is 81.7 Å². The summed E-state index contributed by atoms with van der Waals surface area (Å²) in [5.41, 5.74) is 4.57. The molecular weight excluding hydrogens is 471 g/mol. The quantitative estimate of drug-likeness (QED) is 0.437. The molecule has 2 aliphatic heterocycles. The van der Waals surface area contributed by atoms with Crippen molar-refractivity contribution in [2.45, 2.75) is 44.8 Å². The summed E-state index contributed by atoms with van der Waals surface area (Å²) in [6, 6.07) is 13.2. The Morgan fingerprint density at radius 2 is 2.08 bits per heavy atom. The number of likely N-dealkylation sites (tertiary alicyclic amines) is 1. The summed E-state index contributed by atoms with van der Waals surface area (Å²) < 4.78 is 19.6. The number of β-amino-alcohol motifs (C(OH)–C–C–N with tert-alkyl or cyclic N) is 1.